The number of nitrogens with zero attached hydrogens (tertiary/aromatic N) is 1. The average Bonchev–Trinajstić information content (AvgIpc) is 2.04. The Bertz CT molecular complexity index is 315. The quantitative estimate of drug-likeness (QED) is 0.741. The molecule has 0 radical (unpaired) electrons. The lowest BCUT2D eigenvalue weighted by Crippen LogP contribution is -1.98. The average molecular weight is 189 g/mol. The number of aliphatic hydroxyl groups excluding tert-OH is 1. The number of pyridine rings is 1. The molecule has 1 rings (SSSR count). The van der Waals surface area contributed by atoms with Gasteiger partial charge in [0.2, 0.25) is 0 Å². The molecule has 0 aliphatic heterocycles. The first-order valence-corrected chi connectivity index (χ1v) is 3.64. The third kappa shape index (κ3) is 1.75. The molecule has 1 heterocycles. The molecule has 1 aromatic rings. The Morgan fingerprint density at radius 3 is 2.62 bits per heavy atom. The second-order valence-electron chi connectivity index (χ2n) is 2.61. The largest absolute Gasteiger partial charge is 0.505 e. The van der Waals surface area contributed by atoms with Gasteiger partial charge in [-0.1, -0.05) is 0 Å². The molecular formula is C8H9F2NO2. The van der Waals surface area contributed by atoms with Crippen molar-refractivity contribution in [3.63, 3.8) is 0 Å². The third-order valence-electron chi connectivity index (χ3n) is 1.77. The molecule has 3 nitrogen and oxygen atoms in total. The SMILES string of the molecule is Cc1cnc(C(F)F)c(O)c1CO. The molecular weight excluding hydrogens is 180 g/mol. The summed E-state index contributed by atoms with van der Waals surface area (Å²) in [6.07, 6.45) is -1.63. The maximum absolute atomic E-state index is 12.2. The van der Waals surface area contributed by atoms with Gasteiger partial charge < -0.3 is 10.2 Å². The van der Waals surface area contributed by atoms with Crippen LogP contribution in [0.2, 0.25) is 0 Å². The van der Waals surface area contributed by atoms with E-state index in [-0.39, 0.29) is 5.56 Å². The number of rotatable bonds is 2. The molecule has 0 aromatic carbocycles. The van der Waals surface area contributed by atoms with Crippen molar-refractivity contribution in [1.29, 1.82) is 0 Å². The van der Waals surface area contributed by atoms with E-state index in [9.17, 15) is 13.9 Å². The van der Waals surface area contributed by atoms with Gasteiger partial charge >= 0.3 is 0 Å². The van der Waals surface area contributed by atoms with Gasteiger partial charge in [-0.05, 0) is 12.5 Å². The fourth-order valence-corrected chi connectivity index (χ4v) is 1.01. The van der Waals surface area contributed by atoms with E-state index < -0.39 is 24.5 Å². The molecule has 0 amide bonds. The highest BCUT2D eigenvalue weighted by atomic mass is 19.3. The number of halogens is 2. The minimum Gasteiger partial charge on any atom is -0.505 e. The van der Waals surface area contributed by atoms with Crippen molar-refractivity contribution in [3.05, 3.63) is 23.0 Å². The summed E-state index contributed by atoms with van der Waals surface area (Å²) in [5.74, 6) is -0.613. The zero-order valence-electron chi connectivity index (χ0n) is 6.96. The molecule has 72 valence electrons. The number of aryl methyl sites for hydroxylation is 1. The van der Waals surface area contributed by atoms with Crippen LogP contribution in [-0.2, 0) is 6.61 Å². The minimum atomic E-state index is -2.83. The Kier molecular flexibility index (Phi) is 2.77. The Morgan fingerprint density at radius 1 is 1.54 bits per heavy atom. The van der Waals surface area contributed by atoms with Gasteiger partial charge in [0.05, 0.1) is 6.61 Å². The van der Waals surface area contributed by atoms with Crippen LogP contribution in [0.4, 0.5) is 8.78 Å². The van der Waals surface area contributed by atoms with E-state index in [0.29, 0.717) is 5.56 Å². The van der Waals surface area contributed by atoms with E-state index in [1.54, 1.807) is 6.92 Å². The van der Waals surface area contributed by atoms with E-state index in [2.05, 4.69) is 4.98 Å². The van der Waals surface area contributed by atoms with Crippen LogP contribution in [0.5, 0.6) is 5.75 Å². The molecule has 0 unspecified atom stereocenters. The summed E-state index contributed by atoms with van der Waals surface area (Å²) < 4.78 is 24.3. The summed E-state index contributed by atoms with van der Waals surface area (Å²) in [7, 11) is 0. The lowest BCUT2D eigenvalue weighted by atomic mass is 10.1. The zero-order chi connectivity index (χ0) is 10.0. The summed E-state index contributed by atoms with van der Waals surface area (Å²) in [4.78, 5) is 3.37. The van der Waals surface area contributed by atoms with Crippen LogP contribution in [0.15, 0.2) is 6.20 Å². The number of hydrogen-bond donors (Lipinski definition) is 2. The van der Waals surface area contributed by atoms with Crippen molar-refractivity contribution in [3.8, 4) is 5.75 Å². The van der Waals surface area contributed by atoms with Crippen molar-refractivity contribution in [2.75, 3.05) is 0 Å². The molecule has 2 N–H and O–H groups in total. The van der Waals surface area contributed by atoms with Gasteiger partial charge in [0.25, 0.3) is 6.43 Å². The summed E-state index contributed by atoms with van der Waals surface area (Å²) in [6, 6.07) is 0. The Balaban J connectivity index is 3.27. The Hall–Kier alpha value is -1.23. The minimum absolute atomic E-state index is 0.102. The van der Waals surface area contributed by atoms with E-state index >= 15 is 0 Å². The first-order chi connectivity index (χ1) is 6.07. The van der Waals surface area contributed by atoms with E-state index in [4.69, 9.17) is 5.11 Å². The van der Waals surface area contributed by atoms with Gasteiger partial charge in [-0.2, -0.15) is 0 Å². The predicted octanol–water partition coefficient (Wildman–Crippen LogP) is 1.53. The predicted molar refractivity (Wildman–Crippen MR) is 41.5 cm³/mol. The molecule has 0 atom stereocenters. The maximum atomic E-state index is 12.2. The molecule has 0 aliphatic rings. The van der Waals surface area contributed by atoms with Gasteiger partial charge in [-0.25, -0.2) is 8.78 Å². The highest BCUT2D eigenvalue weighted by Gasteiger charge is 2.18. The van der Waals surface area contributed by atoms with Crippen LogP contribution in [0.1, 0.15) is 23.2 Å². The van der Waals surface area contributed by atoms with Gasteiger partial charge in [-0.3, -0.25) is 4.98 Å². The topological polar surface area (TPSA) is 53.4 Å². The number of aliphatic hydroxyl groups is 1. The summed E-state index contributed by atoms with van der Waals surface area (Å²) in [6.45, 7) is 1.10. The molecule has 0 saturated carbocycles. The number of hydrogen-bond acceptors (Lipinski definition) is 3. The standard InChI is InChI=1S/C8H9F2NO2/c1-4-2-11-6(8(9)10)7(13)5(4)3-12/h2,8,12-13H,3H2,1H3. The summed E-state index contributed by atoms with van der Waals surface area (Å²) in [5.41, 5.74) is -0.0932. The highest BCUT2D eigenvalue weighted by molar-refractivity contribution is 5.40. The fraction of sp³-hybridized carbons (Fsp3) is 0.375. The Morgan fingerprint density at radius 2 is 2.15 bits per heavy atom. The Labute approximate surface area is 73.7 Å². The van der Waals surface area contributed by atoms with Crippen LogP contribution in [0, 0.1) is 6.92 Å². The fourth-order valence-electron chi connectivity index (χ4n) is 1.01. The van der Waals surface area contributed by atoms with Crippen molar-refractivity contribution >= 4 is 0 Å². The van der Waals surface area contributed by atoms with Gasteiger partial charge in [0.15, 0.2) is 0 Å². The second kappa shape index (κ2) is 3.66. The third-order valence-corrected chi connectivity index (χ3v) is 1.77. The van der Waals surface area contributed by atoms with Crippen LogP contribution in [0.25, 0.3) is 0 Å². The molecule has 1 aromatic heterocycles. The van der Waals surface area contributed by atoms with Crippen molar-refractivity contribution in [2.24, 2.45) is 0 Å². The maximum Gasteiger partial charge on any atom is 0.284 e. The molecule has 0 bridgehead atoms. The first-order valence-electron chi connectivity index (χ1n) is 3.64. The van der Waals surface area contributed by atoms with E-state index in [1.807, 2.05) is 0 Å². The molecule has 0 fully saturated rings. The molecule has 0 aliphatic carbocycles. The van der Waals surface area contributed by atoms with Crippen molar-refractivity contribution < 1.29 is 19.0 Å². The van der Waals surface area contributed by atoms with Crippen LogP contribution < -0.4 is 0 Å². The molecule has 13 heavy (non-hydrogen) atoms. The van der Waals surface area contributed by atoms with Crippen LogP contribution in [-0.4, -0.2) is 15.2 Å². The smallest absolute Gasteiger partial charge is 0.284 e. The highest BCUT2D eigenvalue weighted by Crippen LogP contribution is 2.30. The van der Waals surface area contributed by atoms with Crippen LogP contribution >= 0.6 is 0 Å². The lowest BCUT2D eigenvalue weighted by Gasteiger charge is -2.08. The van der Waals surface area contributed by atoms with Crippen molar-refractivity contribution in [2.45, 2.75) is 20.0 Å². The molecule has 0 saturated heterocycles. The lowest BCUT2D eigenvalue weighted by molar-refractivity contribution is 0.141. The number of aromatic hydroxyl groups is 1. The molecule has 0 spiro atoms. The first kappa shape index (κ1) is 9.85. The number of alkyl halides is 2. The van der Waals surface area contributed by atoms with Gasteiger partial charge in [0, 0.05) is 11.8 Å². The van der Waals surface area contributed by atoms with E-state index in [1.165, 1.54) is 6.20 Å². The monoisotopic (exact) mass is 189 g/mol. The normalized spacial score (nSPS) is 10.8. The van der Waals surface area contributed by atoms with Crippen molar-refractivity contribution in [1.82, 2.24) is 4.98 Å². The number of aromatic nitrogens is 1. The summed E-state index contributed by atoms with van der Waals surface area (Å²) >= 11 is 0. The van der Waals surface area contributed by atoms with Crippen LogP contribution in [0.3, 0.4) is 0 Å². The molecule has 5 heteroatoms. The van der Waals surface area contributed by atoms with Gasteiger partial charge in [0.1, 0.15) is 11.4 Å². The van der Waals surface area contributed by atoms with E-state index in [0.717, 1.165) is 0 Å². The second-order valence-corrected chi connectivity index (χ2v) is 2.61. The van der Waals surface area contributed by atoms with Gasteiger partial charge in [-0.15, -0.1) is 0 Å². The zero-order valence-corrected chi connectivity index (χ0v) is 6.96. The summed E-state index contributed by atoms with van der Waals surface area (Å²) in [5, 5.41) is 18.0.